The lowest BCUT2D eigenvalue weighted by atomic mass is 10.0. The summed E-state index contributed by atoms with van der Waals surface area (Å²) >= 11 is 0. The zero-order valence-corrected chi connectivity index (χ0v) is 16.9. The van der Waals surface area contributed by atoms with E-state index in [1.54, 1.807) is 19.0 Å². The van der Waals surface area contributed by atoms with Gasteiger partial charge in [0.05, 0.1) is 11.4 Å². The van der Waals surface area contributed by atoms with E-state index in [9.17, 15) is 4.79 Å². The van der Waals surface area contributed by atoms with E-state index in [1.807, 2.05) is 35.0 Å². The Labute approximate surface area is 167 Å². The van der Waals surface area contributed by atoms with Crippen LogP contribution in [0.25, 0.3) is 16.9 Å². The summed E-state index contributed by atoms with van der Waals surface area (Å²) in [5.41, 5.74) is 5.55. The molecule has 1 N–H and O–H groups in total. The Morgan fingerprint density at radius 1 is 1.07 bits per heavy atom. The lowest BCUT2D eigenvalue weighted by molar-refractivity contribution is -0.128. The first-order valence-electron chi connectivity index (χ1n) is 9.67. The lowest BCUT2D eigenvalue weighted by Gasteiger charge is -2.10. The third-order valence-electron chi connectivity index (χ3n) is 4.77. The molecule has 1 aromatic heterocycles. The van der Waals surface area contributed by atoms with Gasteiger partial charge in [0.15, 0.2) is 0 Å². The monoisotopic (exact) mass is 376 g/mol. The Balaban J connectivity index is 1.76. The van der Waals surface area contributed by atoms with E-state index < -0.39 is 0 Å². The molecule has 0 atom stereocenters. The van der Waals surface area contributed by atoms with Crippen LogP contribution in [0.4, 0.5) is 0 Å². The minimum atomic E-state index is 0.166. The maximum absolute atomic E-state index is 11.7. The number of aryl methyl sites for hydroxylation is 1. The second-order valence-corrected chi connectivity index (χ2v) is 7.17. The van der Waals surface area contributed by atoms with E-state index in [0.29, 0.717) is 13.0 Å². The van der Waals surface area contributed by atoms with Crippen LogP contribution in [-0.2, 0) is 11.3 Å². The number of aromatic nitrogens is 2. The van der Waals surface area contributed by atoms with Crippen molar-refractivity contribution in [3.63, 3.8) is 0 Å². The molecule has 146 valence electrons. The molecule has 2 aromatic carbocycles. The first-order valence-corrected chi connectivity index (χ1v) is 9.67. The predicted octanol–water partition coefficient (Wildman–Crippen LogP) is 3.81. The van der Waals surface area contributed by atoms with E-state index in [4.69, 9.17) is 5.10 Å². The van der Waals surface area contributed by atoms with Gasteiger partial charge in [0, 0.05) is 44.4 Å². The highest BCUT2D eigenvalue weighted by Crippen LogP contribution is 2.26. The fourth-order valence-corrected chi connectivity index (χ4v) is 3.13. The van der Waals surface area contributed by atoms with Gasteiger partial charge in [-0.1, -0.05) is 42.5 Å². The van der Waals surface area contributed by atoms with E-state index in [1.165, 1.54) is 5.56 Å². The SMILES string of the molecule is Cc1ccccc1-c1nn(-c2ccccc2)cc1CNCCCC(=O)N(C)C. The Kier molecular flexibility index (Phi) is 6.61. The van der Waals surface area contributed by atoms with Crippen LogP contribution in [-0.4, -0.2) is 41.2 Å². The van der Waals surface area contributed by atoms with Crippen LogP contribution in [0.2, 0.25) is 0 Å². The second kappa shape index (κ2) is 9.33. The molecule has 5 heteroatoms. The molecule has 1 heterocycles. The van der Waals surface area contributed by atoms with Gasteiger partial charge in [0.25, 0.3) is 0 Å². The summed E-state index contributed by atoms with van der Waals surface area (Å²) in [4.78, 5) is 13.3. The molecule has 5 nitrogen and oxygen atoms in total. The number of nitrogens with one attached hydrogen (secondary N) is 1. The maximum Gasteiger partial charge on any atom is 0.222 e. The normalized spacial score (nSPS) is 10.8. The molecular weight excluding hydrogens is 348 g/mol. The molecule has 0 aliphatic heterocycles. The Hall–Kier alpha value is -2.92. The highest BCUT2D eigenvalue weighted by Gasteiger charge is 2.14. The van der Waals surface area contributed by atoms with Crippen molar-refractivity contribution in [3.05, 3.63) is 71.9 Å². The van der Waals surface area contributed by atoms with Crippen molar-refractivity contribution in [1.82, 2.24) is 20.0 Å². The van der Waals surface area contributed by atoms with Gasteiger partial charge in [-0.05, 0) is 37.6 Å². The van der Waals surface area contributed by atoms with E-state index >= 15 is 0 Å². The average molecular weight is 377 g/mol. The summed E-state index contributed by atoms with van der Waals surface area (Å²) in [6.07, 6.45) is 3.48. The molecular formula is C23H28N4O. The molecule has 1 amide bonds. The maximum atomic E-state index is 11.7. The smallest absolute Gasteiger partial charge is 0.222 e. The molecule has 0 bridgehead atoms. The molecule has 0 saturated heterocycles. The summed E-state index contributed by atoms with van der Waals surface area (Å²) in [5.74, 6) is 0.166. The fraction of sp³-hybridized carbons (Fsp3) is 0.304. The van der Waals surface area contributed by atoms with Crippen LogP contribution < -0.4 is 5.32 Å². The van der Waals surface area contributed by atoms with Crippen molar-refractivity contribution in [1.29, 1.82) is 0 Å². The van der Waals surface area contributed by atoms with Crippen molar-refractivity contribution >= 4 is 5.91 Å². The Morgan fingerprint density at radius 2 is 1.79 bits per heavy atom. The third kappa shape index (κ3) is 4.87. The summed E-state index contributed by atoms with van der Waals surface area (Å²) in [5, 5.41) is 8.34. The van der Waals surface area contributed by atoms with Crippen LogP contribution >= 0.6 is 0 Å². The summed E-state index contributed by atoms with van der Waals surface area (Å²) in [6.45, 7) is 3.62. The molecule has 3 rings (SSSR count). The minimum Gasteiger partial charge on any atom is -0.349 e. The topological polar surface area (TPSA) is 50.2 Å². The molecule has 28 heavy (non-hydrogen) atoms. The van der Waals surface area contributed by atoms with Crippen molar-refractivity contribution in [2.45, 2.75) is 26.3 Å². The minimum absolute atomic E-state index is 0.166. The standard InChI is InChI=1S/C23H28N4O/c1-18-10-7-8-13-21(18)23-19(16-24-15-9-14-22(28)26(2)3)17-27(25-23)20-11-5-4-6-12-20/h4-8,10-13,17,24H,9,14-16H2,1-3H3. The van der Waals surface area contributed by atoms with Gasteiger partial charge in [0.1, 0.15) is 0 Å². The molecule has 0 saturated carbocycles. The number of hydrogen-bond acceptors (Lipinski definition) is 3. The highest BCUT2D eigenvalue weighted by atomic mass is 16.2. The second-order valence-electron chi connectivity index (χ2n) is 7.17. The first-order chi connectivity index (χ1) is 13.6. The largest absolute Gasteiger partial charge is 0.349 e. The number of rotatable bonds is 8. The van der Waals surface area contributed by atoms with Crippen LogP contribution in [0.3, 0.4) is 0 Å². The average Bonchev–Trinajstić information content (AvgIpc) is 3.12. The Morgan fingerprint density at radius 3 is 2.50 bits per heavy atom. The number of carbonyl (C=O) groups excluding carboxylic acids is 1. The van der Waals surface area contributed by atoms with Gasteiger partial charge in [-0.2, -0.15) is 5.10 Å². The fourth-order valence-electron chi connectivity index (χ4n) is 3.13. The molecule has 0 fully saturated rings. The predicted molar refractivity (Wildman–Crippen MR) is 113 cm³/mol. The number of benzene rings is 2. The van der Waals surface area contributed by atoms with Crippen molar-refractivity contribution in [2.75, 3.05) is 20.6 Å². The first kappa shape index (κ1) is 19.8. The van der Waals surface area contributed by atoms with Gasteiger partial charge in [-0.25, -0.2) is 4.68 Å². The summed E-state index contributed by atoms with van der Waals surface area (Å²) in [6, 6.07) is 18.5. The number of nitrogens with zero attached hydrogens (tertiary/aromatic N) is 3. The van der Waals surface area contributed by atoms with Gasteiger partial charge in [-0.15, -0.1) is 0 Å². The molecule has 0 radical (unpaired) electrons. The molecule has 0 spiro atoms. The number of carbonyl (C=O) groups is 1. The van der Waals surface area contributed by atoms with Gasteiger partial charge in [-0.3, -0.25) is 4.79 Å². The highest BCUT2D eigenvalue weighted by molar-refractivity contribution is 5.75. The zero-order chi connectivity index (χ0) is 19.9. The quantitative estimate of drug-likeness (QED) is 0.608. The van der Waals surface area contributed by atoms with Gasteiger partial charge in [0.2, 0.25) is 5.91 Å². The van der Waals surface area contributed by atoms with E-state index in [2.05, 4.69) is 42.7 Å². The van der Waals surface area contributed by atoms with Gasteiger partial charge < -0.3 is 10.2 Å². The molecule has 0 aliphatic rings. The van der Waals surface area contributed by atoms with E-state index in [0.717, 1.165) is 35.5 Å². The zero-order valence-electron chi connectivity index (χ0n) is 16.9. The molecule has 0 unspecified atom stereocenters. The van der Waals surface area contributed by atoms with E-state index in [-0.39, 0.29) is 5.91 Å². The third-order valence-corrected chi connectivity index (χ3v) is 4.77. The molecule has 0 aliphatic carbocycles. The van der Waals surface area contributed by atoms with Crippen molar-refractivity contribution in [3.8, 4) is 16.9 Å². The summed E-state index contributed by atoms with van der Waals surface area (Å²) < 4.78 is 1.94. The Bertz CT molecular complexity index is 915. The van der Waals surface area contributed by atoms with Crippen LogP contribution in [0, 0.1) is 6.92 Å². The van der Waals surface area contributed by atoms with Gasteiger partial charge >= 0.3 is 0 Å². The van der Waals surface area contributed by atoms with Crippen molar-refractivity contribution < 1.29 is 4.79 Å². The molecule has 3 aromatic rings. The van der Waals surface area contributed by atoms with Crippen LogP contribution in [0.15, 0.2) is 60.8 Å². The number of para-hydroxylation sites is 1. The summed E-state index contributed by atoms with van der Waals surface area (Å²) in [7, 11) is 3.59. The van der Waals surface area contributed by atoms with Crippen molar-refractivity contribution in [2.24, 2.45) is 0 Å². The lowest BCUT2D eigenvalue weighted by Crippen LogP contribution is -2.23. The number of amides is 1. The van der Waals surface area contributed by atoms with Crippen LogP contribution in [0.5, 0.6) is 0 Å². The number of hydrogen-bond donors (Lipinski definition) is 1. The van der Waals surface area contributed by atoms with Crippen LogP contribution in [0.1, 0.15) is 24.0 Å².